The highest BCUT2D eigenvalue weighted by atomic mass is 19.1. The van der Waals surface area contributed by atoms with Gasteiger partial charge in [0.2, 0.25) is 0 Å². The summed E-state index contributed by atoms with van der Waals surface area (Å²) in [7, 11) is 0. The number of ether oxygens (including phenoxy) is 1. The minimum atomic E-state index is -0.376. The summed E-state index contributed by atoms with van der Waals surface area (Å²) in [6.45, 7) is 2.04. The Labute approximate surface area is 110 Å². The van der Waals surface area contributed by atoms with Crippen molar-refractivity contribution in [3.05, 3.63) is 65.2 Å². The molecule has 2 nitrogen and oxygen atoms in total. The molecule has 0 aliphatic heterocycles. The summed E-state index contributed by atoms with van der Waals surface area (Å²) in [5.41, 5.74) is 7.35. The molecule has 0 saturated heterocycles. The number of rotatable bonds is 4. The van der Waals surface area contributed by atoms with Crippen molar-refractivity contribution in [1.82, 2.24) is 0 Å². The van der Waals surface area contributed by atoms with Gasteiger partial charge < -0.3 is 10.5 Å². The summed E-state index contributed by atoms with van der Waals surface area (Å²) in [6, 6.07) is 9.99. The molecule has 0 heterocycles. The monoisotopic (exact) mass is 263 g/mol. The van der Waals surface area contributed by atoms with Crippen LogP contribution in [0.1, 0.15) is 24.1 Å². The van der Waals surface area contributed by atoms with Crippen molar-refractivity contribution < 1.29 is 13.5 Å². The lowest BCUT2D eigenvalue weighted by atomic mass is 10.1. The van der Waals surface area contributed by atoms with E-state index in [1.54, 1.807) is 25.1 Å². The predicted octanol–water partition coefficient (Wildman–Crippen LogP) is 3.56. The van der Waals surface area contributed by atoms with E-state index in [-0.39, 0.29) is 24.3 Å². The Hall–Kier alpha value is -1.94. The Balaban J connectivity index is 2.14. The summed E-state index contributed by atoms with van der Waals surface area (Å²) in [4.78, 5) is 0. The van der Waals surface area contributed by atoms with Crippen LogP contribution in [0.3, 0.4) is 0 Å². The van der Waals surface area contributed by atoms with Crippen LogP contribution in [0.5, 0.6) is 5.75 Å². The van der Waals surface area contributed by atoms with Gasteiger partial charge in [-0.3, -0.25) is 0 Å². The Morgan fingerprint density at radius 3 is 2.32 bits per heavy atom. The Morgan fingerprint density at radius 1 is 1.05 bits per heavy atom. The van der Waals surface area contributed by atoms with E-state index in [0.717, 1.165) is 11.1 Å². The van der Waals surface area contributed by atoms with Gasteiger partial charge in [0.1, 0.15) is 24.0 Å². The first-order chi connectivity index (χ1) is 9.06. The van der Waals surface area contributed by atoms with Gasteiger partial charge in [0, 0.05) is 17.7 Å². The number of benzene rings is 2. The molecule has 19 heavy (non-hydrogen) atoms. The fourth-order valence-corrected chi connectivity index (χ4v) is 1.75. The smallest absolute Gasteiger partial charge is 0.127 e. The van der Waals surface area contributed by atoms with E-state index < -0.39 is 0 Å². The van der Waals surface area contributed by atoms with Gasteiger partial charge in [-0.05, 0) is 30.7 Å². The number of hydrogen-bond donors (Lipinski definition) is 1. The lowest BCUT2D eigenvalue weighted by Gasteiger charge is -2.14. The zero-order valence-corrected chi connectivity index (χ0v) is 10.6. The van der Waals surface area contributed by atoms with Crippen LogP contribution in [0.15, 0.2) is 42.5 Å². The van der Waals surface area contributed by atoms with Crippen molar-refractivity contribution >= 4 is 0 Å². The second-order valence-electron chi connectivity index (χ2n) is 4.39. The van der Waals surface area contributed by atoms with Crippen molar-refractivity contribution in [2.24, 2.45) is 5.73 Å². The van der Waals surface area contributed by atoms with E-state index in [1.807, 2.05) is 0 Å². The maximum atomic E-state index is 13.2. The van der Waals surface area contributed by atoms with Crippen molar-refractivity contribution in [2.45, 2.75) is 19.6 Å². The largest absolute Gasteiger partial charge is 0.488 e. The molecule has 2 rings (SSSR count). The van der Waals surface area contributed by atoms with Crippen LogP contribution < -0.4 is 10.5 Å². The molecule has 0 aliphatic carbocycles. The van der Waals surface area contributed by atoms with E-state index >= 15 is 0 Å². The summed E-state index contributed by atoms with van der Waals surface area (Å²) >= 11 is 0. The van der Waals surface area contributed by atoms with Crippen molar-refractivity contribution in [3.63, 3.8) is 0 Å². The van der Waals surface area contributed by atoms with Crippen LogP contribution in [0.2, 0.25) is 0 Å². The molecule has 0 aliphatic rings. The lowest BCUT2D eigenvalue weighted by Crippen LogP contribution is -2.08. The zero-order valence-electron chi connectivity index (χ0n) is 10.6. The van der Waals surface area contributed by atoms with Crippen LogP contribution in [0.4, 0.5) is 8.78 Å². The molecule has 2 N–H and O–H groups in total. The number of hydrogen-bond acceptors (Lipinski definition) is 2. The normalized spacial score (nSPS) is 12.2. The fourth-order valence-electron chi connectivity index (χ4n) is 1.75. The molecule has 100 valence electrons. The molecule has 2 aromatic carbocycles. The average molecular weight is 263 g/mol. The van der Waals surface area contributed by atoms with E-state index in [9.17, 15) is 8.78 Å². The molecule has 0 unspecified atom stereocenters. The minimum absolute atomic E-state index is 0.240. The third-order valence-corrected chi connectivity index (χ3v) is 2.77. The second-order valence-corrected chi connectivity index (χ2v) is 4.39. The van der Waals surface area contributed by atoms with E-state index in [0.29, 0.717) is 5.75 Å². The second kappa shape index (κ2) is 5.80. The topological polar surface area (TPSA) is 35.2 Å². The predicted molar refractivity (Wildman–Crippen MR) is 69.7 cm³/mol. The van der Waals surface area contributed by atoms with Crippen molar-refractivity contribution in [3.8, 4) is 5.75 Å². The standard InChI is InChI=1S/C15H15F2NO/c1-10(18)14-7-6-13(17)8-15(14)19-9-11-2-4-12(16)5-3-11/h2-8,10H,9,18H2,1H3/t10-/m1/s1. The fraction of sp³-hybridized carbons (Fsp3) is 0.200. The molecule has 1 atom stereocenters. The number of nitrogens with two attached hydrogens (primary N) is 1. The van der Waals surface area contributed by atoms with Crippen LogP contribution in [0.25, 0.3) is 0 Å². The summed E-state index contributed by atoms with van der Waals surface area (Å²) < 4.78 is 31.5. The molecule has 4 heteroatoms. The van der Waals surface area contributed by atoms with Gasteiger partial charge in [0.15, 0.2) is 0 Å². The van der Waals surface area contributed by atoms with Gasteiger partial charge in [0.25, 0.3) is 0 Å². The Morgan fingerprint density at radius 2 is 1.68 bits per heavy atom. The average Bonchev–Trinajstić information content (AvgIpc) is 2.38. The van der Waals surface area contributed by atoms with Crippen LogP contribution in [-0.4, -0.2) is 0 Å². The van der Waals surface area contributed by atoms with Gasteiger partial charge in [-0.25, -0.2) is 8.78 Å². The third kappa shape index (κ3) is 3.51. The summed E-state index contributed by atoms with van der Waals surface area (Å²) in [5, 5.41) is 0. The highest BCUT2D eigenvalue weighted by molar-refractivity contribution is 5.36. The first-order valence-electron chi connectivity index (χ1n) is 5.98. The van der Waals surface area contributed by atoms with E-state index in [4.69, 9.17) is 10.5 Å². The van der Waals surface area contributed by atoms with E-state index in [2.05, 4.69) is 0 Å². The van der Waals surface area contributed by atoms with Crippen molar-refractivity contribution in [1.29, 1.82) is 0 Å². The molecular weight excluding hydrogens is 248 g/mol. The maximum Gasteiger partial charge on any atom is 0.127 e. The molecule has 0 aromatic heterocycles. The summed E-state index contributed by atoms with van der Waals surface area (Å²) in [6.07, 6.45) is 0. The molecule has 2 aromatic rings. The Bertz CT molecular complexity index is 553. The van der Waals surface area contributed by atoms with Crippen LogP contribution in [-0.2, 0) is 6.61 Å². The number of halogens is 2. The molecule has 0 fully saturated rings. The zero-order chi connectivity index (χ0) is 13.8. The van der Waals surface area contributed by atoms with Crippen molar-refractivity contribution in [2.75, 3.05) is 0 Å². The molecular formula is C15H15F2NO. The minimum Gasteiger partial charge on any atom is -0.488 e. The maximum absolute atomic E-state index is 13.2. The van der Waals surface area contributed by atoms with Gasteiger partial charge >= 0.3 is 0 Å². The lowest BCUT2D eigenvalue weighted by molar-refractivity contribution is 0.299. The van der Waals surface area contributed by atoms with Gasteiger partial charge in [-0.15, -0.1) is 0 Å². The Kier molecular flexibility index (Phi) is 4.12. The molecule has 0 saturated carbocycles. The highest BCUT2D eigenvalue weighted by Gasteiger charge is 2.09. The van der Waals surface area contributed by atoms with Crippen LogP contribution in [0, 0.1) is 11.6 Å². The molecule has 0 bridgehead atoms. The first-order valence-corrected chi connectivity index (χ1v) is 5.98. The van der Waals surface area contributed by atoms with Gasteiger partial charge in [-0.1, -0.05) is 18.2 Å². The molecule has 0 radical (unpaired) electrons. The van der Waals surface area contributed by atoms with Crippen LogP contribution >= 0.6 is 0 Å². The molecule has 0 spiro atoms. The quantitative estimate of drug-likeness (QED) is 0.915. The summed E-state index contributed by atoms with van der Waals surface area (Å²) in [5.74, 6) is -0.261. The SMILES string of the molecule is C[C@@H](N)c1ccc(F)cc1OCc1ccc(F)cc1. The highest BCUT2D eigenvalue weighted by Crippen LogP contribution is 2.25. The third-order valence-electron chi connectivity index (χ3n) is 2.77. The first kappa shape index (κ1) is 13.5. The van der Waals surface area contributed by atoms with Gasteiger partial charge in [-0.2, -0.15) is 0 Å². The molecule has 0 amide bonds. The van der Waals surface area contributed by atoms with E-state index in [1.165, 1.54) is 24.3 Å². The van der Waals surface area contributed by atoms with Gasteiger partial charge in [0.05, 0.1) is 0 Å².